The van der Waals surface area contributed by atoms with Gasteiger partial charge in [-0.15, -0.1) is 16.8 Å². The average molecular weight is 513 g/mol. The van der Waals surface area contributed by atoms with Gasteiger partial charge in [0.2, 0.25) is 0 Å². The van der Waals surface area contributed by atoms with Crippen LogP contribution in [0.15, 0.2) is 42.5 Å². The van der Waals surface area contributed by atoms with Crippen LogP contribution in [0.5, 0.6) is 0 Å². The highest BCUT2D eigenvalue weighted by Gasteiger charge is 2.41. The van der Waals surface area contributed by atoms with E-state index in [4.69, 9.17) is 0 Å². The molecule has 0 N–H and O–H groups in total. The summed E-state index contributed by atoms with van der Waals surface area (Å²) in [5, 5.41) is 0.588. The van der Waals surface area contributed by atoms with Gasteiger partial charge in [0.1, 0.15) is 0 Å². The number of carbonyl (C=O) groups is 6. The van der Waals surface area contributed by atoms with E-state index >= 15 is 0 Å². The lowest BCUT2D eigenvalue weighted by Gasteiger charge is -2.12. The van der Waals surface area contributed by atoms with Gasteiger partial charge < -0.3 is 9.68 Å². The normalized spacial score (nSPS) is 16.5. The average Bonchev–Trinajstić information content (AvgIpc) is 3.20. The number of benzene rings is 2. The minimum atomic E-state index is -0.703. The molecule has 1 fully saturated rings. The molecule has 1 atom stereocenters. The quantitative estimate of drug-likeness (QED) is 0.556. The van der Waals surface area contributed by atoms with Crippen LogP contribution in [0.25, 0.3) is 0 Å². The summed E-state index contributed by atoms with van der Waals surface area (Å²) >= 11 is 1.38. The monoisotopic (exact) mass is 512 g/mol. The Labute approximate surface area is 211 Å². The first kappa shape index (κ1) is 26.6. The van der Waals surface area contributed by atoms with E-state index in [0.717, 1.165) is 25.0 Å². The number of hydrogen-bond donors (Lipinski definition) is 0. The third-order valence-electron chi connectivity index (χ3n) is 5.08. The Hall–Kier alpha value is -3.99. The summed E-state index contributed by atoms with van der Waals surface area (Å²) in [5.74, 6) is -2.86. The second-order valence-corrected chi connectivity index (χ2v) is 9.33. The fourth-order valence-electron chi connectivity index (χ4n) is 3.36. The highest BCUT2D eigenvalue weighted by molar-refractivity contribution is 7.99. The highest BCUT2D eigenvalue weighted by atomic mass is 32.2. The fraction of sp³-hybridized carbons (Fsp3) is 0.280. The number of fused-ring (bicyclic) bond motifs is 1. The van der Waals surface area contributed by atoms with E-state index in [-0.39, 0.29) is 17.5 Å². The van der Waals surface area contributed by atoms with Crippen LogP contribution >= 0.6 is 11.8 Å². The van der Waals surface area contributed by atoms with Gasteiger partial charge in [0.05, 0.1) is 22.8 Å². The molecular weight excluding hydrogens is 488 g/mol. The molecule has 4 amide bonds. The maximum atomic E-state index is 11.9. The third-order valence-corrected chi connectivity index (χ3v) is 6.35. The van der Waals surface area contributed by atoms with Gasteiger partial charge in [-0.05, 0) is 31.5 Å². The van der Waals surface area contributed by atoms with Crippen molar-refractivity contribution in [2.75, 3.05) is 0 Å². The molecular formula is C25H24N2O8S. The molecule has 4 rings (SSSR count). The van der Waals surface area contributed by atoms with Crippen molar-refractivity contribution in [1.82, 2.24) is 10.1 Å². The van der Waals surface area contributed by atoms with Crippen LogP contribution in [0.4, 0.5) is 0 Å². The van der Waals surface area contributed by atoms with Crippen LogP contribution in [-0.4, -0.2) is 50.9 Å². The number of carbonyl (C=O) groups excluding carboxylic acids is 6. The van der Waals surface area contributed by atoms with Crippen molar-refractivity contribution in [2.45, 2.75) is 45.1 Å². The molecule has 1 saturated heterocycles. The smallest absolute Gasteiger partial charge is 0.330 e. The molecule has 2 aromatic carbocycles. The van der Waals surface area contributed by atoms with Gasteiger partial charge in [-0.1, -0.05) is 46.5 Å². The Morgan fingerprint density at radius 2 is 1.39 bits per heavy atom. The van der Waals surface area contributed by atoms with Crippen LogP contribution in [0.1, 0.15) is 57.7 Å². The maximum Gasteiger partial charge on any atom is 0.330 e. The Kier molecular flexibility index (Phi) is 8.25. The predicted molar refractivity (Wildman–Crippen MR) is 128 cm³/mol. The van der Waals surface area contributed by atoms with Crippen molar-refractivity contribution in [3.05, 3.63) is 70.3 Å². The molecule has 11 heteroatoms. The SMILES string of the molecule is CC(=O)ON1C(=O)CC(SCc2ccc(C)cc2)C1=O.CC(=O)ON1C(=O)c2ccc(C)cc2C1=O. The van der Waals surface area contributed by atoms with Gasteiger partial charge in [0, 0.05) is 19.6 Å². The largest absolute Gasteiger partial charge is 0.331 e. The van der Waals surface area contributed by atoms with Crippen molar-refractivity contribution >= 4 is 47.3 Å². The Morgan fingerprint density at radius 1 is 0.833 bits per heavy atom. The van der Waals surface area contributed by atoms with E-state index in [2.05, 4.69) is 9.68 Å². The fourth-order valence-corrected chi connectivity index (χ4v) is 4.45. The zero-order valence-electron chi connectivity index (χ0n) is 20.1. The molecule has 0 radical (unpaired) electrons. The summed E-state index contributed by atoms with van der Waals surface area (Å²) in [6.45, 7) is 6.11. The number of hydrogen-bond acceptors (Lipinski definition) is 9. The molecule has 0 aliphatic carbocycles. The summed E-state index contributed by atoms with van der Waals surface area (Å²) in [4.78, 5) is 77.7. The maximum absolute atomic E-state index is 11.9. The van der Waals surface area contributed by atoms with E-state index < -0.39 is 40.8 Å². The molecule has 1 unspecified atom stereocenters. The number of nitrogens with zero attached hydrogens (tertiary/aromatic N) is 2. The molecule has 2 aliphatic heterocycles. The van der Waals surface area contributed by atoms with Crippen LogP contribution in [0.2, 0.25) is 0 Å². The minimum Gasteiger partial charge on any atom is -0.331 e. The topological polar surface area (TPSA) is 127 Å². The third kappa shape index (κ3) is 6.16. The molecule has 2 heterocycles. The van der Waals surface area contributed by atoms with Crippen LogP contribution in [0.3, 0.4) is 0 Å². The first-order chi connectivity index (χ1) is 17.0. The van der Waals surface area contributed by atoms with Crippen LogP contribution in [0, 0.1) is 13.8 Å². The Balaban J connectivity index is 0.000000205. The molecule has 188 valence electrons. The summed E-state index contributed by atoms with van der Waals surface area (Å²) < 4.78 is 0. The van der Waals surface area contributed by atoms with Crippen molar-refractivity contribution in [1.29, 1.82) is 0 Å². The van der Waals surface area contributed by atoms with Crippen molar-refractivity contribution in [3.63, 3.8) is 0 Å². The van der Waals surface area contributed by atoms with Gasteiger partial charge in [0.25, 0.3) is 23.6 Å². The minimum absolute atomic E-state index is 0.0721. The van der Waals surface area contributed by atoms with E-state index in [1.165, 1.54) is 17.3 Å². The molecule has 10 nitrogen and oxygen atoms in total. The Bertz CT molecular complexity index is 1240. The second kappa shape index (κ2) is 11.2. The molecule has 2 aromatic rings. The second-order valence-electron chi connectivity index (χ2n) is 8.14. The van der Waals surface area contributed by atoms with E-state index in [1.807, 2.05) is 38.1 Å². The van der Waals surface area contributed by atoms with Crippen LogP contribution in [-0.2, 0) is 34.6 Å². The van der Waals surface area contributed by atoms with Gasteiger partial charge in [0.15, 0.2) is 0 Å². The molecule has 36 heavy (non-hydrogen) atoms. The number of amides is 4. The van der Waals surface area contributed by atoms with Gasteiger partial charge in [-0.2, -0.15) is 0 Å². The standard InChI is InChI=1S/C14H15NO4S.C11H9NO4/c1-9-3-5-11(6-4-9)8-20-12-7-13(17)15(14(12)18)19-10(2)16;1-6-3-4-8-9(5-6)11(15)12(10(8)14)16-7(2)13/h3-6,12H,7-8H2,1-2H3;3-5H,1-2H3. The van der Waals surface area contributed by atoms with E-state index in [0.29, 0.717) is 15.9 Å². The lowest BCUT2D eigenvalue weighted by Crippen LogP contribution is -2.33. The summed E-state index contributed by atoms with van der Waals surface area (Å²) in [6, 6.07) is 12.9. The highest BCUT2D eigenvalue weighted by Crippen LogP contribution is 2.28. The van der Waals surface area contributed by atoms with Crippen molar-refractivity contribution in [2.24, 2.45) is 0 Å². The first-order valence-electron chi connectivity index (χ1n) is 10.9. The lowest BCUT2D eigenvalue weighted by atomic mass is 10.1. The first-order valence-corrected chi connectivity index (χ1v) is 11.9. The van der Waals surface area contributed by atoms with E-state index in [9.17, 15) is 28.8 Å². The molecule has 2 aliphatic rings. The van der Waals surface area contributed by atoms with Crippen molar-refractivity contribution < 1.29 is 38.4 Å². The molecule has 0 aromatic heterocycles. The zero-order valence-corrected chi connectivity index (χ0v) is 20.9. The van der Waals surface area contributed by atoms with Crippen LogP contribution < -0.4 is 0 Å². The molecule has 0 bridgehead atoms. The number of imide groups is 2. The zero-order chi connectivity index (χ0) is 26.6. The number of hydroxylamine groups is 4. The predicted octanol–water partition coefficient (Wildman–Crippen LogP) is 2.90. The number of thioether (sulfide) groups is 1. The van der Waals surface area contributed by atoms with Crippen molar-refractivity contribution in [3.8, 4) is 0 Å². The molecule has 0 spiro atoms. The van der Waals surface area contributed by atoms with E-state index in [1.54, 1.807) is 18.2 Å². The van der Waals surface area contributed by atoms with Gasteiger partial charge in [-0.25, -0.2) is 9.59 Å². The molecule has 0 saturated carbocycles. The van der Waals surface area contributed by atoms with Gasteiger partial charge in [-0.3, -0.25) is 19.2 Å². The summed E-state index contributed by atoms with van der Waals surface area (Å²) in [5.41, 5.74) is 3.66. The van der Waals surface area contributed by atoms with Gasteiger partial charge >= 0.3 is 11.9 Å². The number of aryl methyl sites for hydroxylation is 2. The Morgan fingerprint density at radius 3 is 2.00 bits per heavy atom. The lowest BCUT2D eigenvalue weighted by molar-refractivity contribution is -0.195. The summed E-state index contributed by atoms with van der Waals surface area (Å²) in [7, 11) is 0. The summed E-state index contributed by atoms with van der Waals surface area (Å²) in [6.07, 6.45) is 0.0721. The number of rotatable bonds is 5.